The number of aryl methyl sites for hydroxylation is 1. The summed E-state index contributed by atoms with van der Waals surface area (Å²) >= 11 is 6.28. The average molecular weight is 622 g/mol. The molecule has 226 valence electrons. The number of anilines is 1. The zero-order valence-electron chi connectivity index (χ0n) is 23.6. The third-order valence-electron chi connectivity index (χ3n) is 8.87. The van der Waals surface area contributed by atoms with Gasteiger partial charge in [0.1, 0.15) is 0 Å². The van der Waals surface area contributed by atoms with Gasteiger partial charge in [0.05, 0.1) is 17.5 Å². The lowest BCUT2D eigenvalue weighted by Crippen LogP contribution is -2.44. The van der Waals surface area contributed by atoms with E-state index < -0.39 is 21.8 Å². The summed E-state index contributed by atoms with van der Waals surface area (Å²) < 4.78 is 67.4. The van der Waals surface area contributed by atoms with Crippen molar-refractivity contribution in [3.8, 4) is 11.3 Å². The van der Waals surface area contributed by atoms with Crippen LogP contribution < -0.4 is 4.90 Å². The number of sulfonamides is 1. The van der Waals surface area contributed by atoms with Crippen molar-refractivity contribution < 1.29 is 21.6 Å². The van der Waals surface area contributed by atoms with Crippen molar-refractivity contribution in [2.24, 2.45) is 0 Å². The molecule has 0 atom stereocenters. The van der Waals surface area contributed by atoms with Crippen LogP contribution in [-0.2, 0) is 42.1 Å². The molecule has 0 bridgehead atoms. The third kappa shape index (κ3) is 6.06. The Kier molecular flexibility index (Phi) is 8.06. The molecular weight excluding hydrogens is 587 g/mol. The predicted octanol–water partition coefficient (Wildman–Crippen LogP) is 5.46. The fraction of sp³-hybridized carbons (Fsp3) is 0.500. The van der Waals surface area contributed by atoms with Crippen molar-refractivity contribution in [2.45, 2.75) is 57.4 Å². The molecule has 3 aliphatic rings. The Balaban J connectivity index is 1.11. The molecule has 1 aromatic heterocycles. The largest absolute Gasteiger partial charge is 0.416 e. The maximum Gasteiger partial charge on any atom is 0.416 e. The Labute approximate surface area is 249 Å². The highest BCUT2D eigenvalue weighted by Gasteiger charge is 2.33. The van der Waals surface area contributed by atoms with Gasteiger partial charge in [0.15, 0.2) is 0 Å². The van der Waals surface area contributed by atoms with Gasteiger partial charge in [-0.1, -0.05) is 29.8 Å². The molecule has 42 heavy (non-hydrogen) atoms. The van der Waals surface area contributed by atoms with Gasteiger partial charge >= 0.3 is 6.18 Å². The minimum Gasteiger partial charge on any atom is -0.368 e. The maximum atomic E-state index is 13.1. The monoisotopic (exact) mass is 621 g/mol. The molecule has 1 saturated heterocycles. The highest BCUT2D eigenvalue weighted by atomic mass is 35.5. The van der Waals surface area contributed by atoms with E-state index in [1.807, 2.05) is 10.7 Å². The minimum absolute atomic E-state index is 0.170. The van der Waals surface area contributed by atoms with E-state index in [4.69, 9.17) is 16.7 Å². The molecule has 0 aliphatic carbocycles. The molecular formula is C30H35ClF3N5O2S. The number of nitrogens with zero attached hydrogens (tertiary/aromatic N) is 5. The van der Waals surface area contributed by atoms with Gasteiger partial charge < -0.3 is 9.80 Å². The van der Waals surface area contributed by atoms with E-state index >= 15 is 0 Å². The molecule has 2 aromatic carbocycles. The number of benzene rings is 2. The van der Waals surface area contributed by atoms with Gasteiger partial charge in [-0.05, 0) is 62.1 Å². The van der Waals surface area contributed by atoms with Gasteiger partial charge in [-0.3, -0.25) is 4.68 Å². The average Bonchev–Trinajstić information content (AvgIpc) is 3.53. The Morgan fingerprint density at radius 1 is 0.976 bits per heavy atom. The first-order chi connectivity index (χ1) is 20.0. The topological polar surface area (TPSA) is 61.7 Å². The molecule has 0 spiro atoms. The SMILES string of the molecule is CS(=O)(=O)N1CCc2c(c(-c3ccc(C(F)(F)F)cc3)nn2CCCN2CCC(N3CCc4ccc(Cl)cc43)CC2)C1. The normalized spacial score (nSPS) is 18.8. The predicted molar refractivity (Wildman–Crippen MR) is 158 cm³/mol. The van der Waals surface area contributed by atoms with E-state index in [1.54, 1.807) is 0 Å². The second-order valence-electron chi connectivity index (χ2n) is 11.6. The number of halogens is 4. The molecule has 3 aromatic rings. The van der Waals surface area contributed by atoms with Gasteiger partial charge in [0, 0.05) is 79.3 Å². The summed E-state index contributed by atoms with van der Waals surface area (Å²) in [6.45, 7) is 5.21. The van der Waals surface area contributed by atoms with Crippen LogP contribution in [-0.4, -0.2) is 72.4 Å². The van der Waals surface area contributed by atoms with Crippen molar-refractivity contribution >= 4 is 27.3 Å². The Morgan fingerprint density at radius 3 is 2.40 bits per heavy atom. The molecule has 1 fully saturated rings. The number of hydrogen-bond acceptors (Lipinski definition) is 5. The first-order valence-electron chi connectivity index (χ1n) is 14.5. The number of hydrogen-bond donors (Lipinski definition) is 0. The van der Waals surface area contributed by atoms with Crippen LogP contribution in [0, 0.1) is 0 Å². The van der Waals surface area contributed by atoms with Gasteiger partial charge in [-0.2, -0.15) is 22.6 Å². The van der Waals surface area contributed by atoms with Crippen LogP contribution in [0.3, 0.4) is 0 Å². The minimum atomic E-state index is -4.43. The van der Waals surface area contributed by atoms with E-state index in [1.165, 1.54) is 33.9 Å². The molecule has 12 heteroatoms. The number of alkyl halides is 3. The molecule has 0 unspecified atom stereocenters. The molecule has 4 heterocycles. The van der Waals surface area contributed by atoms with Crippen LogP contribution in [0.25, 0.3) is 11.3 Å². The van der Waals surface area contributed by atoms with Crippen LogP contribution in [0.2, 0.25) is 5.02 Å². The van der Waals surface area contributed by atoms with Crippen molar-refractivity contribution in [3.63, 3.8) is 0 Å². The lowest BCUT2D eigenvalue weighted by atomic mass is 10.0. The second-order valence-corrected chi connectivity index (χ2v) is 14.0. The lowest BCUT2D eigenvalue weighted by molar-refractivity contribution is -0.137. The Hall–Kier alpha value is -2.60. The maximum absolute atomic E-state index is 13.1. The first-order valence-corrected chi connectivity index (χ1v) is 16.7. The highest BCUT2D eigenvalue weighted by Crippen LogP contribution is 2.36. The fourth-order valence-corrected chi connectivity index (χ4v) is 7.59. The number of piperidine rings is 1. The molecule has 7 nitrogen and oxygen atoms in total. The van der Waals surface area contributed by atoms with Crippen LogP contribution >= 0.6 is 11.6 Å². The van der Waals surface area contributed by atoms with Gasteiger partial charge in [-0.15, -0.1) is 0 Å². The Bertz CT molecular complexity index is 1550. The summed E-state index contributed by atoms with van der Waals surface area (Å²) in [6, 6.07) is 11.7. The van der Waals surface area contributed by atoms with Crippen molar-refractivity contribution in [1.29, 1.82) is 0 Å². The van der Waals surface area contributed by atoms with E-state index in [2.05, 4.69) is 21.9 Å². The zero-order chi connectivity index (χ0) is 29.6. The molecule has 0 radical (unpaired) electrons. The third-order valence-corrected chi connectivity index (χ3v) is 10.4. The molecule has 6 rings (SSSR count). The quantitative estimate of drug-likeness (QED) is 0.351. The Morgan fingerprint density at radius 2 is 1.71 bits per heavy atom. The summed E-state index contributed by atoms with van der Waals surface area (Å²) in [5.74, 6) is 0. The van der Waals surface area contributed by atoms with Crippen molar-refractivity contribution in [2.75, 3.05) is 43.9 Å². The van der Waals surface area contributed by atoms with Crippen LogP contribution in [0.1, 0.15) is 41.6 Å². The summed E-state index contributed by atoms with van der Waals surface area (Å²) in [7, 11) is -3.41. The number of aromatic nitrogens is 2. The van der Waals surface area contributed by atoms with Gasteiger partial charge in [0.25, 0.3) is 0 Å². The summed E-state index contributed by atoms with van der Waals surface area (Å²) in [5, 5.41) is 5.61. The van der Waals surface area contributed by atoms with Crippen LogP contribution in [0.15, 0.2) is 42.5 Å². The number of fused-ring (bicyclic) bond motifs is 2. The second kappa shape index (κ2) is 11.5. The van der Waals surface area contributed by atoms with Crippen LogP contribution in [0.5, 0.6) is 0 Å². The standard InChI is InChI=1S/C30H35ClF3N5O2S/c1-42(40,41)37-17-12-27-26(20-37)29(22-3-6-23(7-4-22)30(32,33)34)35-39(27)14-2-13-36-15-10-25(11-16-36)38-18-9-21-5-8-24(31)19-28(21)38/h3-8,19,25H,2,9-18,20H2,1H3. The van der Waals surface area contributed by atoms with E-state index in [-0.39, 0.29) is 6.54 Å². The van der Waals surface area contributed by atoms with Gasteiger partial charge in [0.2, 0.25) is 10.0 Å². The zero-order valence-corrected chi connectivity index (χ0v) is 25.1. The van der Waals surface area contributed by atoms with E-state index in [0.29, 0.717) is 36.8 Å². The molecule has 3 aliphatic heterocycles. The number of rotatable bonds is 7. The van der Waals surface area contributed by atoms with Crippen molar-refractivity contribution in [3.05, 3.63) is 69.9 Å². The summed E-state index contributed by atoms with van der Waals surface area (Å²) in [5.41, 5.74) is 4.79. The highest BCUT2D eigenvalue weighted by molar-refractivity contribution is 7.88. The first kappa shape index (κ1) is 29.5. The molecule has 0 N–H and O–H groups in total. The molecule has 0 saturated carbocycles. The van der Waals surface area contributed by atoms with Crippen molar-refractivity contribution in [1.82, 2.24) is 19.0 Å². The van der Waals surface area contributed by atoms with E-state index in [9.17, 15) is 21.6 Å². The van der Waals surface area contributed by atoms with E-state index in [0.717, 1.165) is 80.3 Å². The van der Waals surface area contributed by atoms with Crippen LogP contribution in [0.4, 0.5) is 18.9 Å². The lowest BCUT2D eigenvalue weighted by Gasteiger charge is -2.38. The summed E-state index contributed by atoms with van der Waals surface area (Å²) in [4.78, 5) is 5.01. The van der Waals surface area contributed by atoms with Gasteiger partial charge in [-0.25, -0.2) is 8.42 Å². The number of likely N-dealkylation sites (tertiary alicyclic amines) is 1. The summed E-state index contributed by atoms with van der Waals surface area (Å²) in [6.07, 6.45) is 1.42. The smallest absolute Gasteiger partial charge is 0.368 e. The fourth-order valence-electron chi connectivity index (χ4n) is 6.64. The molecule has 0 amide bonds.